The molecule has 0 aliphatic heterocycles. The lowest BCUT2D eigenvalue weighted by Crippen LogP contribution is -2.30. The summed E-state index contributed by atoms with van der Waals surface area (Å²) in [5.41, 5.74) is 0. The van der Waals surface area contributed by atoms with Gasteiger partial charge in [0.05, 0.1) is 0 Å². The van der Waals surface area contributed by atoms with Gasteiger partial charge in [0.1, 0.15) is 13.2 Å². The smallest absolute Gasteiger partial charge is 0.306 e. The lowest BCUT2D eigenvalue weighted by atomic mass is 10.0. The van der Waals surface area contributed by atoms with Crippen molar-refractivity contribution in [1.82, 2.24) is 0 Å². The minimum Gasteiger partial charge on any atom is -0.462 e. The summed E-state index contributed by atoms with van der Waals surface area (Å²) in [6.45, 7) is 11.3. The maximum atomic E-state index is 12.8. The fraction of sp³-hybridized carbons (Fsp3) is 0.946. The Morgan fingerprint density at radius 1 is 0.306 bits per heavy atom. The molecule has 368 valence electrons. The molecule has 1 atom stereocenters. The molecule has 0 heterocycles. The Labute approximate surface area is 387 Å². The molecule has 62 heavy (non-hydrogen) atoms. The van der Waals surface area contributed by atoms with Crippen LogP contribution in [-0.4, -0.2) is 37.2 Å². The van der Waals surface area contributed by atoms with Crippen LogP contribution in [0.1, 0.15) is 311 Å². The van der Waals surface area contributed by atoms with Crippen LogP contribution < -0.4 is 0 Å². The lowest BCUT2D eigenvalue weighted by molar-refractivity contribution is -0.167. The molecule has 0 saturated heterocycles. The van der Waals surface area contributed by atoms with Crippen LogP contribution in [0.2, 0.25) is 0 Å². The number of hydrogen-bond donors (Lipinski definition) is 0. The number of carbonyl (C=O) groups is 3. The van der Waals surface area contributed by atoms with Crippen LogP contribution in [0.4, 0.5) is 0 Å². The summed E-state index contributed by atoms with van der Waals surface area (Å²) < 4.78 is 16.8. The molecule has 0 aliphatic carbocycles. The molecular weight excluding hydrogens is 769 g/mol. The molecule has 0 aromatic carbocycles. The topological polar surface area (TPSA) is 78.9 Å². The molecule has 0 aromatic heterocycles. The molecule has 0 rings (SSSR count). The van der Waals surface area contributed by atoms with Crippen LogP contribution in [0.25, 0.3) is 0 Å². The van der Waals surface area contributed by atoms with E-state index in [9.17, 15) is 14.4 Å². The van der Waals surface area contributed by atoms with Gasteiger partial charge in [-0.1, -0.05) is 272 Å². The van der Waals surface area contributed by atoms with E-state index in [4.69, 9.17) is 14.2 Å². The van der Waals surface area contributed by atoms with Gasteiger partial charge in [0.2, 0.25) is 0 Å². The second-order valence-electron chi connectivity index (χ2n) is 20.2. The largest absolute Gasteiger partial charge is 0.462 e. The van der Waals surface area contributed by atoms with Gasteiger partial charge < -0.3 is 14.2 Å². The number of ether oxygens (including phenoxy) is 3. The third kappa shape index (κ3) is 49.4. The standard InChI is InChI=1S/C56H108O6/c1-6-7-8-9-10-11-12-13-14-15-16-17-20-23-26-31-36-41-46-54(57)60-49-53(62-56(59)48-43-38-33-28-30-35-40-45-52(4)5)50-61-55(58)47-42-37-32-27-24-21-18-19-22-25-29-34-39-44-51(2)3/h51-53H,6-50H2,1-5H3/t53-/m0/s1. The highest BCUT2D eigenvalue weighted by Crippen LogP contribution is 2.18. The zero-order chi connectivity index (χ0) is 45.4. The Bertz CT molecular complexity index is 947. The number of hydrogen-bond acceptors (Lipinski definition) is 6. The van der Waals surface area contributed by atoms with E-state index in [1.54, 1.807) is 0 Å². The van der Waals surface area contributed by atoms with Crippen molar-refractivity contribution in [2.24, 2.45) is 11.8 Å². The Balaban J connectivity index is 4.23. The van der Waals surface area contributed by atoms with Gasteiger partial charge in [0.15, 0.2) is 6.10 Å². The zero-order valence-corrected chi connectivity index (χ0v) is 42.5. The first-order valence-corrected chi connectivity index (χ1v) is 27.7. The fourth-order valence-corrected chi connectivity index (χ4v) is 8.52. The summed E-state index contributed by atoms with van der Waals surface area (Å²) in [6, 6.07) is 0. The predicted molar refractivity (Wildman–Crippen MR) is 266 cm³/mol. The second kappa shape index (κ2) is 48.9. The summed E-state index contributed by atoms with van der Waals surface area (Å²) in [5, 5.41) is 0. The predicted octanol–water partition coefficient (Wildman–Crippen LogP) is 18.1. The van der Waals surface area contributed by atoms with Crippen molar-refractivity contribution < 1.29 is 28.6 Å². The van der Waals surface area contributed by atoms with Gasteiger partial charge >= 0.3 is 17.9 Å². The van der Waals surface area contributed by atoms with Crippen LogP contribution in [0.3, 0.4) is 0 Å². The molecule has 0 amide bonds. The average molecular weight is 877 g/mol. The van der Waals surface area contributed by atoms with Gasteiger partial charge in [-0.15, -0.1) is 0 Å². The van der Waals surface area contributed by atoms with Crippen molar-refractivity contribution in [3.63, 3.8) is 0 Å². The molecule has 0 aromatic rings. The van der Waals surface area contributed by atoms with E-state index in [-0.39, 0.29) is 31.1 Å². The summed E-state index contributed by atoms with van der Waals surface area (Å²) in [5.74, 6) is 0.771. The Morgan fingerprint density at radius 2 is 0.532 bits per heavy atom. The first kappa shape index (κ1) is 60.4. The van der Waals surface area contributed by atoms with Gasteiger partial charge in [0, 0.05) is 19.3 Å². The molecule has 0 N–H and O–H groups in total. The SMILES string of the molecule is CCCCCCCCCCCCCCCCCCCCC(=O)OC[C@@H](COC(=O)CCCCCCCCCCCCCCCC(C)C)OC(=O)CCCCCCCCCC(C)C. The molecule has 6 nitrogen and oxygen atoms in total. The normalized spacial score (nSPS) is 12.0. The van der Waals surface area contributed by atoms with E-state index in [2.05, 4.69) is 34.6 Å². The first-order valence-electron chi connectivity index (χ1n) is 27.7. The fourth-order valence-electron chi connectivity index (χ4n) is 8.52. The van der Waals surface area contributed by atoms with E-state index < -0.39 is 6.10 Å². The molecule has 0 bridgehead atoms. The number of carbonyl (C=O) groups excluding carboxylic acids is 3. The van der Waals surface area contributed by atoms with Crippen LogP contribution in [-0.2, 0) is 28.6 Å². The number of rotatable bonds is 50. The number of esters is 3. The first-order chi connectivity index (χ1) is 30.2. The van der Waals surface area contributed by atoms with E-state index in [1.165, 1.54) is 199 Å². The molecular formula is C56H108O6. The molecule has 0 aliphatic rings. The van der Waals surface area contributed by atoms with Crippen molar-refractivity contribution >= 4 is 17.9 Å². The summed E-state index contributed by atoms with van der Waals surface area (Å²) in [4.78, 5) is 38.0. The third-order valence-corrected chi connectivity index (χ3v) is 12.7. The molecule has 6 heteroatoms. The highest BCUT2D eigenvalue weighted by Gasteiger charge is 2.19. The second-order valence-corrected chi connectivity index (χ2v) is 20.2. The van der Waals surface area contributed by atoms with Crippen LogP contribution in [0.15, 0.2) is 0 Å². The minimum absolute atomic E-state index is 0.0639. The quantitative estimate of drug-likeness (QED) is 0.0344. The molecule has 0 spiro atoms. The van der Waals surface area contributed by atoms with Crippen molar-refractivity contribution in [3.05, 3.63) is 0 Å². The maximum Gasteiger partial charge on any atom is 0.306 e. The van der Waals surface area contributed by atoms with Gasteiger partial charge in [-0.05, 0) is 31.1 Å². The highest BCUT2D eigenvalue weighted by atomic mass is 16.6. The average Bonchev–Trinajstić information content (AvgIpc) is 3.24. The van der Waals surface area contributed by atoms with Crippen molar-refractivity contribution in [2.75, 3.05) is 13.2 Å². The van der Waals surface area contributed by atoms with Crippen molar-refractivity contribution in [3.8, 4) is 0 Å². The van der Waals surface area contributed by atoms with E-state index in [0.717, 1.165) is 69.6 Å². The van der Waals surface area contributed by atoms with Crippen molar-refractivity contribution in [1.29, 1.82) is 0 Å². The third-order valence-electron chi connectivity index (χ3n) is 12.7. The summed E-state index contributed by atoms with van der Waals surface area (Å²) in [6.07, 6.45) is 51.0. The van der Waals surface area contributed by atoms with E-state index in [0.29, 0.717) is 19.3 Å². The Hall–Kier alpha value is -1.59. The van der Waals surface area contributed by atoms with E-state index in [1.807, 2.05) is 0 Å². The van der Waals surface area contributed by atoms with Gasteiger partial charge in [-0.2, -0.15) is 0 Å². The minimum atomic E-state index is -0.762. The Kier molecular flexibility index (Phi) is 47.6. The summed E-state index contributed by atoms with van der Waals surface area (Å²) in [7, 11) is 0. The maximum absolute atomic E-state index is 12.8. The van der Waals surface area contributed by atoms with Gasteiger partial charge in [0.25, 0.3) is 0 Å². The zero-order valence-electron chi connectivity index (χ0n) is 42.5. The summed E-state index contributed by atoms with van der Waals surface area (Å²) >= 11 is 0. The Morgan fingerprint density at radius 3 is 0.790 bits per heavy atom. The monoisotopic (exact) mass is 877 g/mol. The molecule has 0 radical (unpaired) electrons. The van der Waals surface area contributed by atoms with Crippen LogP contribution >= 0.6 is 0 Å². The molecule has 0 saturated carbocycles. The highest BCUT2D eigenvalue weighted by molar-refractivity contribution is 5.71. The van der Waals surface area contributed by atoms with Gasteiger partial charge in [-0.25, -0.2) is 0 Å². The van der Waals surface area contributed by atoms with Gasteiger partial charge in [-0.3, -0.25) is 14.4 Å². The van der Waals surface area contributed by atoms with Crippen molar-refractivity contribution in [2.45, 2.75) is 317 Å². The molecule has 0 unspecified atom stereocenters. The lowest BCUT2D eigenvalue weighted by Gasteiger charge is -2.18. The molecule has 0 fully saturated rings. The van der Waals surface area contributed by atoms with E-state index >= 15 is 0 Å². The number of unbranched alkanes of at least 4 members (excludes halogenated alkanes) is 35. The van der Waals surface area contributed by atoms with Crippen LogP contribution in [0, 0.1) is 11.8 Å². The van der Waals surface area contributed by atoms with Crippen LogP contribution in [0.5, 0.6) is 0 Å².